The number of anilines is 1. The summed E-state index contributed by atoms with van der Waals surface area (Å²) in [6.07, 6.45) is 2.08. The zero-order valence-electron chi connectivity index (χ0n) is 21.6. The molecule has 1 unspecified atom stereocenters. The third-order valence-electron chi connectivity index (χ3n) is 7.68. The van der Waals surface area contributed by atoms with E-state index in [1.165, 1.54) is 17.7 Å². The molecule has 3 heterocycles. The van der Waals surface area contributed by atoms with Gasteiger partial charge in [0, 0.05) is 36.4 Å². The molecule has 3 aromatic rings. The molecule has 2 amide bonds. The predicted molar refractivity (Wildman–Crippen MR) is 153 cm³/mol. The van der Waals surface area contributed by atoms with Gasteiger partial charge in [0.1, 0.15) is 11.4 Å². The van der Waals surface area contributed by atoms with Crippen LogP contribution in [0.1, 0.15) is 53.2 Å². The Kier molecular flexibility index (Phi) is 8.47. The maximum absolute atomic E-state index is 14.0. The van der Waals surface area contributed by atoms with Crippen molar-refractivity contribution in [3.63, 3.8) is 0 Å². The van der Waals surface area contributed by atoms with Crippen LogP contribution in [0.2, 0.25) is 10.0 Å². The van der Waals surface area contributed by atoms with Crippen LogP contribution in [0.4, 0.5) is 14.9 Å². The highest BCUT2D eigenvalue weighted by Gasteiger charge is 2.44. The van der Waals surface area contributed by atoms with Crippen molar-refractivity contribution in [3.8, 4) is 0 Å². The number of fused-ring (bicyclic) bond motifs is 2. The van der Waals surface area contributed by atoms with Gasteiger partial charge in [0.2, 0.25) is 5.91 Å². The monoisotopic (exact) mass is 589 g/mol. The fraction of sp³-hybridized carbons (Fsp3) is 0.379. The smallest absolute Gasteiger partial charge is 0.412 e. The zero-order chi connectivity index (χ0) is 27.6. The number of likely N-dealkylation sites (tertiary alicyclic amines) is 1. The number of hydrogen-bond acceptors (Lipinski definition) is 5. The molecule has 2 aliphatic heterocycles. The summed E-state index contributed by atoms with van der Waals surface area (Å²) in [5, 5.41) is 8.68. The molecule has 1 saturated heterocycles. The second kappa shape index (κ2) is 11.8. The molecule has 2 N–H and O–H groups in total. The van der Waals surface area contributed by atoms with Crippen molar-refractivity contribution in [2.75, 3.05) is 25.0 Å². The fourth-order valence-corrected chi connectivity index (χ4v) is 6.61. The van der Waals surface area contributed by atoms with Crippen LogP contribution < -0.4 is 10.6 Å². The molecule has 1 atom stereocenters. The van der Waals surface area contributed by atoms with Gasteiger partial charge in [-0.05, 0) is 79.2 Å². The van der Waals surface area contributed by atoms with Crippen LogP contribution in [-0.4, -0.2) is 36.5 Å². The lowest BCUT2D eigenvalue weighted by Gasteiger charge is -2.44. The van der Waals surface area contributed by atoms with Crippen molar-refractivity contribution in [1.29, 1.82) is 0 Å². The molecule has 2 aromatic carbocycles. The number of amides is 2. The average molecular weight is 591 g/mol. The standard InChI is InChI=1S/C29H30Cl2FN3O3S/c1-18-8-14-39-26(18)17-33-27(36)21(19-4-6-23(30)24(31)15-19)3-2-11-35-12-9-29(10-13-35)22-16-20(32)5-7-25(22)34-28(37)38-29/h4-8,14-16,21H,2-3,9-13,17H2,1H3,(H,33,36)(H,34,37). The third-order valence-corrected chi connectivity index (χ3v) is 9.44. The van der Waals surface area contributed by atoms with E-state index in [1.807, 2.05) is 24.4 Å². The first-order valence-corrected chi connectivity index (χ1v) is 14.7. The topological polar surface area (TPSA) is 70.7 Å². The van der Waals surface area contributed by atoms with E-state index in [2.05, 4.69) is 15.5 Å². The van der Waals surface area contributed by atoms with Crippen molar-refractivity contribution in [2.45, 2.75) is 50.7 Å². The molecule has 1 aromatic heterocycles. The van der Waals surface area contributed by atoms with E-state index in [0.29, 0.717) is 60.2 Å². The van der Waals surface area contributed by atoms with E-state index < -0.39 is 11.7 Å². The van der Waals surface area contributed by atoms with Crippen molar-refractivity contribution in [2.24, 2.45) is 0 Å². The van der Waals surface area contributed by atoms with Crippen LogP contribution in [0.5, 0.6) is 0 Å². The highest BCUT2D eigenvalue weighted by Crippen LogP contribution is 2.43. The van der Waals surface area contributed by atoms with E-state index in [0.717, 1.165) is 23.4 Å². The number of thiophene rings is 1. The molecular weight excluding hydrogens is 560 g/mol. The number of rotatable bonds is 8. The molecule has 0 saturated carbocycles. The van der Waals surface area contributed by atoms with Crippen LogP contribution >= 0.6 is 34.5 Å². The minimum absolute atomic E-state index is 0.0426. The summed E-state index contributed by atoms with van der Waals surface area (Å²) < 4.78 is 19.8. The van der Waals surface area contributed by atoms with Crippen molar-refractivity contribution in [1.82, 2.24) is 10.2 Å². The SMILES string of the molecule is Cc1ccsc1CNC(=O)C(CCCN1CCC2(CC1)OC(=O)Nc1ccc(F)cc12)c1ccc(Cl)c(Cl)c1. The van der Waals surface area contributed by atoms with E-state index in [4.69, 9.17) is 27.9 Å². The van der Waals surface area contributed by atoms with Gasteiger partial charge in [-0.1, -0.05) is 29.3 Å². The lowest BCUT2D eigenvalue weighted by atomic mass is 9.82. The Balaban J connectivity index is 1.21. The summed E-state index contributed by atoms with van der Waals surface area (Å²) in [6.45, 7) is 4.71. The van der Waals surface area contributed by atoms with Gasteiger partial charge in [0.15, 0.2) is 0 Å². The maximum atomic E-state index is 14.0. The highest BCUT2D eigenvalue weighted by molar-refractivity contribution is 7.10. The number of benzene rings is 2. The Labute approximate surface area is 241 Å². The summed E-state index contributed by atoms with van der Waals surface area (Å²) in [5.41, 5.74) is 2.48. The van der Waals surface area contributed by atoms with Gasteiger partial charge in [0.05, 0.1) is 28.2 Å². The van der Waals surface area contributed by atoms with E-state index in [9.17, 15) is 14.0 Å². The van der Waals surface area contributed by atoms with Crippen molar-refractivity contribution >= 4 is 52.2 Å². The number of nitrogens with one attached hydrogen (secondary N) is 2. The Morgan fingerprint density at radius 1 is 1.18 bits per heavy atom. The molecule has 1 spiro atoms. The van der Waals surface area contributed by atoms with Crippen LogP contribution in [0, 0.1) is 12.7 Å². The van der Waals surface area contributed by atoms with E-state index in [-0.39, 0.29) is 17.6 Å². The molecule has 5 rings (SSSR count). The molecule has 1 fully saturated rings. The molecule has 0 bridgehead atoms. The minimum atomic E-state index is -0.821. The van der Waals surface area contributed by atoms with Gasteiger partial charge in [0.25, 0.3) is 0 Å². The zero-order valence-corrected chi connectivity index (χ0v) is 23.9. The summed E-state index contributed by atoms with van der Waals surface area (Å²) >= 11 is 14.1. The normalized spacial score (nSPS) is 17.3. The minimum Gasteiger partial charge on any atom is -0.438 e. The quantitative estimate of drug-likeness (QED) is 0.290. The van der Waals surface area contributed by atoms with Gasteiger partial charge in [-0.2, -0.15) is 0 Å². The highest BCUT2D eigenvalue weighted by atomic mass is 35.5. The predicted octanol–water partition coefficient (Wildman–Crippen LogP) is 7.24. The lowest BCUT2D eigenvalue weighted by Crippen LogP contribution is -2.48. The second-order valence-corrected chi connectivity index (χ2v) is 12.0. The number of ether oxygens (including phenoxy) is 1. The fourth-order valence-electron chi connectivity index (χ4n) is 5.45. The molecule has 2 aliphatic rings. The Morgan fingerprint density at radius 3 is 2.69 bits per heavy atom. The van der Waals surface area contributed by atoms with Gasteiger partial charge in [-0.25, -0.2) is 9.18 Å². The van der Waals surface area contributed by atoms with Gasteiger partial charge >= 0.3 is 6.09 Å². The molecule has 206 valence electrons. The van der Waals surface area contributed by atoms with Crippen LogP contribution in [0.25, 0.3) is 0 Å². The lowest BCUT2D eigenvalue weighted by molar-refractivity contribution is -0.122. The van der Waals surface area contributed by atoms with E-state index >= 15 is 0 Å². The number of carbonyl (C=O) groups excluding carboxylic acids is 2. The first-order valence-electron chi connectivity index (χ1n) is 13.0. The Bertz CT molecular complexity index is 1370. The van der Waals surface area contributed by atoms with Gasteiger partial charge < -0.3 is 15.0 Å². The maximum Gasteiger partial charge on any atom is 0.412 e. The summed E-state index contributed by atoms with van der Waals surface area (Å²) in [4.78, 5) is 29.0. The van der Waals surface area contributed by atoms with Crippen molar-refractivity contribution in [3.05, 3.63) is 85.3 Å². The summed E-state index contributed by atoms with van der Waals surface area (Å²) in [6, 6.07) is 11.8. The number of aryl methyl sites for hydroxylation is 1. The largest absolute Gasteiger partial charge is 0.438 e. The third kappa shape index (κ3) is 6.24. The molecule has 0 aliphatic carbocycles. The molecule has 0 radical (unpaired) electrons. The summed E-state index contributed by atoms with van der Waals surface area (Å²) in [5.74, 6) is -0.758. The first-order chi connectivity index (χ1) is 18.7. The van der Waals surface area contributed by atoms with Gasteiger partial charge in [-0.3, -0.25) is 10.1 Å². The average Bonchev–Trinajstić information content (AvgIpc) is 3.33. The van der Waals surface area contributed by atoms with Crippen molar-refractivity contribution < 1.29 is 18.7 Å². The Hall–Kier alpha value is -2.65. The van der Waals surface area contributed by atoms with Gasteiger partial charge in [-0.15, -0.1) is 11.3 Å². The van der Waals surface area contributed by atoms with Crippen LogP contribution in [0.3, 0.4) is 0 Å². The number of piperidine rings is 1. The van der Waals surface area contributed by atoms with Crippen LogP contribution in [0.15, 0.2) is 47.8 Å². The number of carbonyl (C=O) groups is 2. The summed E-state index contributed by atoms with van der Waals surface area (Å²) in [7, 11) is 0. The molecule has 39 heavy (non-hydrogen) atoms. The first kappa shape index (κ1) is 27.9. The molecular formula is C29H30Cl2FN3O3S. The molecule has 10 heteroatoms. The number of nitrogens with zero attached hydrogens (tertiary/aromatic N) is 1. The van der Waals surface area contributed by atoms with E-state index in [1.54, 1.807) is 29.5 Å². The second-order valence-electron chi connectivity index (χ2n) is 10.2. The Morgan fingerprint density at radius 2 is 1.97 bits per heavy atom. The molecule has 6 nitrogen and oxygen atoms in total. The number of halogens is 3. The number of hydrogen-bond donors (Lipinski definition) is 2. The van der Waals surface area contributed by atoms with Crippen LogP contribution in [-0.2, 0) is 21.7 Å².